The van der Waals surface area contributed by atoms with E-state index in [0.717, 1.165) is 36.4 Å². The van der Waals surface area contributed by atoms with Gasteiger partial charge in [0.1, 0.15) is 36.1 Å². The average molecular weight is 762 g/mol. The zero-order valence-corrected chi connectivity index (χ0v) is 34.4. The van der Waals surface area contributed by atoms with Crippen molar-refractivity contribution in [2.24, 2.45) is 5.10 Å². The second kappa shape index (κ2) is 15.8. The number of halogens is 1. The van der Waals surface area contributed by atoms with Crippen molar-refractivity contribution in [2.75, 3.05) is 23.1 Å². The van der Waals surface area contributed by atoms with Crippen LogP contribution in [-0.4, -0.2) is 72.4 Å². The second-order valence-electron chi connectivity index (χ2n) is 9.16. The summed E-state index contributed by atoms with van der Waals surface area (Å²) in [6.45, 7) is 0. The standard InChI is InChI=1S/C24H18ClN7O10S3.3Na/c1-32(24-28-22(25)27-23(26)29-24)12-5-6-13-11(9-12)10-18(44(37,38)39)19(20(13)33)31-30-16-8-7-14-15(21(16)45(40,41)42)3-2-4-17(14)43(34,35)36;;;/h2-10,30H,1H3,(H,34,35,36)(H,37,38,39)(H,40,41,42)(H2,26,27,28,29);;;/q;3*+1/p-3/b31-19-;;;. The third-order valence-corrected chi connectivity index (χ3v) is 9.22. The number of nitrogens with zero attached hydrogens (tertiary/aromatic N) is 5. The Labute approximate surface area is 344 Å². The maximum absolute atomic E-state index is 13.4. The number of carbonyl (C=O) groups excluding carboxylic acids is 1. The summed E-state index contributed by atoms with van der Waals surface area (Å²) in [5.41, 5.74) is 6.34. The zero-order valence-electron chi connectivity index (χ0n) is 25.2. The van der Waals surface area contributed by atoms with E-state index in [0.29, 0.717) is 5.69 Å². The van der Waals surface area contributed by atoms with Crippen LogP contribution in [0.25, 0.3) is 16.8 Å². The first-order valence-corrected chi connectivity index (χ1v) is 16.6. The van der Waals surface area contributed by atoms with Gasteiger partial charge in [-0.1, -0.05) is 18.2 Å². The molecule has 3 N–H and O–H groups in total. The Morgan fingerprint density at radius 1 is 0.854 bits per heavy atom. The average Bonchev–Trinajstić information content (AvgIpc) is 2.93. The SMILES string of the molecule is CN(c1ccc2c(c1)C=C(S(=O)(=O)[O-])/C(=N/Nc1ccc3c(S(=O)(=O)[O-])cccc3c1S(=O)(=O)[O-])C2=O)c1nc(N)nc(Cl)n1.[Na+].[Na+].[Na+]. The van der Waals surface area contributed by atoms with Crippen LogP contribution in [-0.2, 0) is 30.4 Å². The molecule has 1 aliphatic rings. The van der Waals surface area contributed by atoms with Crippen molar-refractivity contribution in [1.29, 1.82) is 0 Å². The van der Waals surface area contributed by atoms with E-state index in [4.69, 9.17) is 17.3 Å². The largest absolute Gasteiger partial charge is 1.00 e. The predicted octanol–water partition coefficient (Wildman–Crippen LogP) is -7.60. The van der Waals surface area contributed by atoms with E-state index < -0.39 is 73.0 Å². The summed E-state index contributed by atoms with van der Waals surface area (Å²) in [5, 5.41) is 2.60. The number of carbonyl (C=O) groups is 1. The van der Waals surface area contributed by atoms with Gasteiger partial charge in [0, 0.05) is 29.1 Å². The number of benzene rings is 3. The van der Waals surface area contributed by atoms with Gasteiger partial charge in [-0.3, -0.25) is 10.2 Å². The number of aromatic nitrogens is 3. The molecule has 234 valence electrons. The Morgan fingerprint density at radius 2 is 1.52 bits per heavy atom. The van der Waals surface area contributed by atoms with E-state index in [9.17, 15) is 43.7 Å². The quantitative estimate of drug-likeness (QED) is 0.100. The molecule has 0 spiro atoms. The number of nitrogens with two attached hydrogens (primary N) is 1. The van der Waals surface area contributed by atoms with Crippen LogP contribution in [0.15, 0.2) is 68.3 Å². The van der Waals surface area contributed by atoms with Crippen LogP contribution in [0.2, 0.25) is 5.28 Å². The molecule has 0 radical (unpaired) electrons. The molecular weight excluding hydrogens is 747 g/mol. The Hall–Kier alpha value is -1.57. The van der Waals surface area contributed by atoms with Crippen LogP contribution >= 0.6 is 11.6 Å². The number of hydrazone groups is 1. The Morgan fingerprint density at radius 3 is 2.10 bits per heavy atom. The Kier molecular flexibility index (Phi) is 14.0. The number of nitrogen functional groups attached to an aromatic ring is 1. The molecule has 0 aliphatic heterocycles. The minimum absolute atomic E-state index is 0. The van der Waals surface area contributed by atoms with Gasteiger partial charge < -0.3 is 24.3 Å². The normalized spacial score (nSPS) is 13.8. The first-order valence-electron chi connectivity index (χ1n) is 11.9. The number of rotatable bonds is 7. The van der Waals surface area contributed by atoms with E-state index in [-0.39, 0.29) is 117 Å². The molecule has 4 aromatic rings. The molecule has 24 heteroatoms. The van der Waals surface area contributed by atoms with Crippen molar-refractivity contribution in [1.82, 2.24) is 15.0 Å². The summed E-state index contributed by atoms with van der Waals surface area (Å²) in [4.78, 5) is 23.4. The van der Waals surface area contributed by atoms with E-state index in [1.165, 1.54) is 30.1 Å². The van der Waals surface area contributed by atoms with Crippen LogP contribution in [0.1, 0.15) is 15.9 Å². The monoisotopic (exact) mass is 761 g/mol. The molecule has 3 aromatic carbocycles. The van der Waals surface area contributed by atoms with E-state index in [2.05, 4.69) is 25.5 Å². The van der Waals surface area contributed by atoms with Gasteiger partial charge in [-0.05, 0) is 53.6 Å². The van der Waals surface area contributed by atoms with Crippen molar-refractivity contribution < 1.29 is 132 Å². The fourth-order valence-corrected chi connectivity index (χ4v) is 6.77. The first kappa shape index (κ1) is 42.6. The summed E-state index contributed by atoms with van der Waals surface area (Å²) in [6, 6.07) is 8.91. The molecule has 1 aliphatic carbocycles. The molecule has 0 amide bonds. The summed E-state index contributed by atoms with van der Waals surface area (Å²) >= 11 is 5.83. The first-order chi connectivity index (χ1) is 20.9. The summed E-state index contributed by atoms with van der Waals surface area (Å²) in [6.07, 6.45) is 0.864. The number of ketones is 1. The number of nitrogens with one attached hydrogen (secondary N) is 1. The van der Waals surface area contributed by atoms with Gasteiger partial charge in [-0.2, -0.15) is 20.1 Å². The molecular formula is C24H15ClN7Na3O10S3. The number of allylic oxidation sites excluding steroid dienone is 1. The molecule has 0 saturated heterocycles. The molecule has 17 nitrogen and oxygen atoms in total. The minimum atomic E-state index is -5.41. The molecule has 1 heterocycles. The number of fused-ring (bicyclic) bond motifs is 2. The van der Waals surface area contributed by atoms with Gasteiger partial charge >= 0.3 is 88.7 Å². The Bertz CT molecular complexity index is 2340. The fourth-order valence-electron chi connectivity index (χ4n) is 4.44. The van der Waals surface area contributed by atoms with Crippen LogP contribution < -0.4 is 105 Å². The van der Waals surface area contributed by atoms with Gasteiger partial charge in [-0.15, -0.1) is 0 Å². The maximum atomic E-state index is 13.4. The van der Waals surface area contributed by atoms with Gasteiger partial charge in [0.15, 0.2) is 0 Å². The van der Waals surface area contributed by atoms with E-state index >= 15 is 0 Å². The summed E-state index contributed by atoms with van der Waals surface area (Å²) in [5.74, 6) is -1.25. The molecule has 5 rings (SSSR count). The molecule has 0 unspecified atom stereocenters. The molecule has 48 heavy (non-hydrogen) atoms. The topological polar surface area (TPSA) is 281 Å². The van der Waals surface area contributed by atoms with Crippen molar-refractivity contribution in [3.8, 4) is 0 Å². The van der Waals surface area contributed by atoms with Gasteiger partial charge in [0.25, 0.3) is 0 Å². The molecule has 0 bridgehead atoms. The number of Topliss-reactive ketones (excluding diaryl/α,β-unsaturated/α-hetero) is 1. The maximum Gasteiger partial charge on any atom is 1.00 e. The molecule has 0 fully saturated rings. The Balaban J connectivity index is 0.00000267. The van der Waals surface area contributed by atoms with Crippen LogP contribution in [0.4, 0.5) is 23.3 Å². The number of anilines is 4. The van der Waals surface area contributed by atoms with Gasteiger partial charge in [-0.25, -0.2) is 25.3 Å². The van der Waals surface area contributed by atoms with Gasteiger partial charge in [0.05, 0.1) is 20.4 Å². The van der Waals surface area contributed by atoms with Crippen molar-refractivity contribution in [2.45, 2.75) is 9.79 Å². The number of hydrogen-bond donors (Lipinski definition) is 2. The van der Waals surface area contributed by atoms with Crippen LogP contribution in [0.5, 0.6) is 0 Å². The fraction of sp³-hybridized carbons (Fsp3) is 0.0417. The predicted molar refractivity (Wildman–Crippen MR) is 157 cm³/mol. The number of hydrogen-bond acceptors (Lipinski definition) is 17. The van der Waals surface area contributed by atoms with E-state index in [1.807, 2.05) is 0 Å². The molecule has 0 atom stereocenters. The van der Waals surface area contributed by atoms with Crippen molar-refractivity contribution >= 4 is 93.6 Å². The second-order valence-corrected chi connectivity index (χ2v) is 13.5. The van der Waals surface area contributed by atoms with Crippen LogP contribution in [0.3, 0.4) is 0 Å². The third kappa shape index (κ3) is 8.83. The summed E-state index contributed by atoms with van der Waals surface area (Å²) < 4.78 is 108. The third-order valence-electron chi connectivity index (χ3n) is 6.36. The molecule has 1 aromatic heterocycles. The zero-order chi connectivity index (χ0) is 33.1. The van der Waals surface area contributed by atoms with Crippen molar-refractivity contribution in [3.63, 3.8) is 0 Å². The summed E-state index contributed by atoms with van der Waals surface area (Å²) in [7, 11) is -14.4. The van der Waals surface area contributed by atoms with E-state index in [1.54, 1.807) is 0 Å². The van der Waals surface area contributed by atoms with Gasteiger partial charge in [0.2, 0.25) is 23.0 Å². The van der Waals surface area contributed by atoms with Crippen molar-refractivity contribution in [3.05, 3.63) is 69.8 Å². The smallest absolute Gasteiger partial charge is 0.744 e. The van der Waals surface area contributed by atoms with Crippen LogP contribution in [0, 0.1) is 0 Å². The minimum Gasteiger partial charge on any atom is -0.744 e. The molecule has 0 saturated carbocycles.